The van der Waals surface area contributed by atoms with Crippen LogP contribution in [0.5, 0.6) is 0 Å². The first-order valence-corrected chi connectivity index (χ1v) is 22.0. The molecule has 2 aromatic heterocycles. The first-order valence-electron chi connectivity index (χ1n) is 6.10. The van der Waals surface area contributed by atoms with Crippen LogP contribution in [0.3, 0.4) is 0 Å². The van der Waals surface area contributed by atoms with Gasteiger partial charge in [0.1, 0.15) is 0 Å². The summed E-state index contributed by atoms with van der Waals surface area (Å²) in [7, 11) is 14.0. The third kappa shape index (κ3) is 5.37. The van der Waals surface area contributed by atoms with Crippen molar-refractivity contribution in [3.8, 4) is 0 Å². The van der Waals surface area contributed by atoms with Gasteiger partial charge in [0.2, 0.25) is 0 Å². The van der Waals surface area contributed by atoms with E-state index in [-0.39, 0.29) is 21.4 Å². The van der Waals surface area contributed by atoms with Crippen LogP contribution in [-0.4, -0.2) is 23.2 Å². The summed E-state index contributed by atoms with van der Waals surface area (Å²) in [6, 6.07) is 4.09. The van der Waals surface area contributed by atoms with Crippen LogP contribution >= 0.6 is 35.7 Å². The van der Waals surface area contributed by atoms with Crippen molar-refractivity contribution in [2.75, 3.05) is 0 Å². The Labute approximate surface area is 156 Å². The zero-order valence-electron chi connectivity index (χ0n) is 11.8. The Bertz CT molecular complexity index is 791. The third-order valence-corrected chi connectivity index (χ3v) is 21.3. The summed E-state index contributed by atoms with van der Waals surface area (Å²) in [6.45, 7) is 0. The summed E-state index contributed by atoms with van der Waals surface area (Å²) >= 11 is -4.30. The Morgan fingerprint density at radius 1 is 0.880 bits per heavy atom. The van der Waals surface area contributed by atoms with Crippen LogP contribution in [0.4, 0.5) is 11.4 Å². The number of rotatable bonds is 6. The molecule has 0 amide bonds. The molecule has 10 nitrogen and oxygen atoms in total. The SMILES string of the molecule is O=[N+]([O-])c1cc[n+]([O-])c([S][Sn]([Cl])([Cl])[S]c2cc([N+](=O)[O-])cc[n+]2[O-])c1. The molecule has 15 heteroatoms. The number of hydrogen-bond donors (Lipinski definition) is 0. The van der Waals surface area contributed by atoms with E-state index in [1.807, 2.05) is 0 Å². The summed E-state index contributed by atoms with van der Waals surface area (Å²) in [6.07, 6.45) is 1.89. The molecule has 2 rings (SSSR count). The average molecular weight is 532 g/mol. The second-order valence-electron chi connectivity index (χ2n) is 4.28. The number of hydrogen-bond acceptors (Lipinski definition) is 8. The number of nitrogens with zero attached hydrogens (tertiary/aromatic N) is 4. The van der Waals surface area contributed by atoms with Gasteiger partial charge in [0.25, 0.3) is 0 Å². The fraction of sp³-hybridized carbons (Fsp3) is 0. The second kappa shape index (κ2) is 7.99. The first-order chi connectivity index (χ1) is 11.6. The van der Waals surface area contributed by atoms with E-state index in [0.29, 0.717) is 9.46 Å². The monoisotopic (exact) mass is 532 g/mol. The molecular weight excluding hydrogens is 526 g/mol. The topological polar surface area (TPSA) is 140 Å². The summed E-state index contributed by atoms with van der Waals surface area (Å²) in [5.74, 6) is 0. The van der Waals surface area contributed by atoms with Crippen molar-refractivity contribution in [1.29, 1.82) is 0 Å². The first kappa shape index (κ1) is 20.1. The molecule has 0 aliphatic carbocycles. The quantitative estimate of drug-likeness (QED) is 0.182. The number of halogens is 2. The molecule has 2 aromatic rings. The molecule has 132 valence electrons. The minimum absolute atomic E-state index is 0.0922. The Kier molecular flexibility index (Phi) is 6.42. The predicted molar refractivity (Wildman–Crippen MR) is 93.3 cm³/mol. The fourth-order valence-corrected chi connectivity index (χ4v) is 20.5. The van der Waals surface area contributed by atoms with Crippen molar-refractivity contribution in [3.63, 3.8) is 0 Å². The average Bonchev–Trinajstić information content (AvgIpc) is 2.50. The molecule has 0 fully saturated rings. The maximum absolute atomic E-state index is 11.8. The van der Waals surface area contributed by atoms with Gasteiger partial charge in [0.05, 0.1) is 0 Å². The van der Waals surface area contributed by atoms with Crippen LogP contribution in [-0.2, 0) is 0 Å². The van der Waals surface area contributed by atoms with Gasteiger partial charge >= 0.3 is 157 Å². The Hall–Kier alpha value is -1.22. The summed E-state index contributed by atoms with van der Waals surface area (Å²) in [5.41, 5.74) is -0.631. The third-order valence-electron chi connectivity index (χ3n) is 2.61. The zero-order valence-corrected chi connectivity index (χ0v) is 17.8. The van der Waals surface area contributed by atoms with Gasteiger partial charge in [-0.25, -0.2) is 0 Å². The molecule has 0 saturated carbocycles. The van der Waals surface area contributed by atoms with Crippen molar-refractivity contribution in [2.45, 2.75) is 10.1 Å². The standard InChI is InChI=1S/2C5H4N2O3S.2ClH.Sn/c2*8-6-2-1-4(7(9)10)3-5(6)11;;;/h2*1-3,11H;2*1H;/q;;;;+4/p-4. The van der Waals surface area contributed by atoms with E-state index in [2.05, 4.69) is 0 Å². The molecule has 0 aliphatic heterocycles. The van der Waals surface area contributed by atoms with E-state index in [1.165, 1.54) is 0 Å². The van der Waals surface area contributed by atoms with Crippen LogP contribution in [0.2, 0.25) is 0 Å². The van der Waals surface area contributed by atoms with Gasteiger partial charge in [-0.3, -0.25) is 0 Å². The Balaban J connectivity index is 2.28. The molecule has 0 spiro atoms. The van der Waals surface area contributed by atoms with Gasteiger partial charge in [-0.15, -0.1) is 0 Å². The van der Waals surface area contributed by atoms with Crippen molar-refractivity contribution < 1.29 is 19.3 Å². The van der Waals surface area contributed by atoms with Crippen molar-refractivity contribution in [3.05, 3.63) is 67.3 Å². The molecule has 2 heterocycles. The summed E-state index contributed by atoms with van der Waals surface area (Å²) in [4.78, 5) is 20.2. The Morgan fingerprint density at radius 2 is 1.24 bits per heavy atom. The molecule has 0 radical (unpaired) electrons. The molecule has 0 atom stereocenters. The van der Waals surface area contributed by atoms with E-state index in [9.17, 15) is 30.6 Å². The minimum atomic E-state index is -4.30. The van der Waals surface area contributed by atoms with Crippen molar-refractivity contribution in [2.24, 2.45) is 0 Å². The second-order valence-corrected chi connectivity index (χ2v) is 36.5. The molecule has 0 saturated heterocycles. The molecule has 0 bridgehead atoms. The van der Waals surface area contributed by atoms with E-state index in [4.69, 9.17) is 17.8 Å². The number of aromatic nitrogens is 2. The van der Waals surface area contributed by atoms with Gasteiger partial charge in [-0.05, 0) is 0 Å². The predicted octanol–water partition coefficient (Wildman–Crippen LogP) is 2.57. The van der Waals surface area contributed by atoms with Gasteiger partial charge < -0.3 is 0 Å². The van der Waals surface area contributed by atoms with Gasteiger partial charge in [0.15, 0.2) is 0 Å². The normalized spacial score (nSPS) is 11.3. The molecule has 0 N–H and O–H groups in total. The zero-order chi connectivity index (χ0) is 18.8. The molecule has 0 unspecified atom stereocenters. The molecular formula is C10H6Cl2N4O6S2Sn. The van der Waals surface area contributed by atoms with E-state index in [0.717, 1.165) is 54.6 Å². The summed E-state index contributed by atoms with van der Waals surface area (Å²) in [5, 5.41) is 44.9. The van der Waals surface area contributed by atoms with Gasteiger partial charge in [0, 0.05) is 0 Å². The summed E-state index contributed by atoms with van der Waals surface area (Å²) < 4.78 is 0.737. The number of nitro groups is 2. The van der Waals surface area contributed by atoms with Crippen LogP contribution in [0.25, 0.3) is 0 Å². The number of pyridine rings is 2. The van der Waals surface area contributed by atoms with Crippen molar-refractivity contribution in [1.82, 2.24) is 0 Å². The van der Waals surface area contributed by atoms with Crippen LogP contribution in [0.1, 0.15) is 0 Å². The fourth-order valence-electron chi connectivity index (χ4n) is 1.55. The van der Waals surface area contributed by atoms with Crippen molar-refractivity contribution >= 4 is 60.5 Å². The van der Waals surface area contributed by atoms with Crippen LogP contribution in [0.15, 0.2) is 46.7 Å². The molecule has 25 heavy (non-hydrogen) atoms. The van der Waals surface area contributed by atoms with Gasteiger partial charge in [-0.1, -0.05) is 0 Å². The van der Waals surface area contributed by atoms with E-state index >= 15 is 0 Å². The maximum atomic E-state index is 11.8. The molecule has 0 aliphatic rings. The van der Waals surface area contributed by atoms with E-state index < -0.39 is 23.2 Å². The van der Waals surface area contributed by atoms with Gasteiger partial charge in [-0.2, -0.15) is 0 Å². The van der Waals surface area contributed by atoms with Crippen LogP contribution in [0, 0.1) is 30.6 Å². The van der Waals surface area contributed by atoms with E-state index in [1.54, 1.807) is 0 Å². The Morgan fingerprint density at radius 3 is 1.56 bits per heavy atom. The molecule has 0 aromatic carbocycles. The van der Waals surface area contributed by atoms with Crippen LogP contribution < -0.4 is 9.46 Å².